The SMILES string of the molecule is CC(C)(C)c1ccc(C(N)C2Cc3ccccc3S2)cc1. The highest BCUT2D eigenvalue weighted by atomic mass is 32.2. The quantitative estimate of drug-likeness (QED) is 0.869. The van der Waals surface area contributed by atoms with E-state index in [2.05, 4.69) is 69.3 Å². The van der Waals surface area contributed by atoms with Crippen molar-refractivity contribution in [2.24, 2.45) is 5.73 Å². The Labute approximate surface area is 132 Å². The van der Waals surface area contributed by atoms with Gasteiger partial charge in [0.05, 0.1) is 0 Å². The Hall–Kier alpha value is -1.25. The number of rotatable bonds is 2. The van der Waals surface area contributed by atoms with Gasteiger partial charge >= 0.3 is 0 Å². The van der Waals surface area contributed by atoms with Crippen LogP contribution >= 0.6 is 11.8 Å². The van der Waals surface area contributed by atoms with Gasteiger partial charge in [-0.1, -0.05) is 63.2 Å². The predicted octanol–water partition coefficient (Wildman–Crippen LogP) is 4.70. The van der Waals surface area contributed by atoms with Crippen LogP contribution in [-0.4, -0.2) is 5.25 Å². The van der Waals surface area contributed by atoms with Gasteiger partial charge in [0.1, 0.15) is 0 Å². The number of benzene rings is 2. The van der Waals surface area contributed by atoms with Gasteiger partial charge in [0.25, 0.3) is 0 Å². The van der Waals surface area contributed by atoms with Crippen LogP contribution in [0.3, 0.4) is 0 Å². The molecule has 2 unspecified atom stereocenters. The topological polar surface area (TPSA) is 26.0 Å². The van der Waals surface area contributed by atoms with Crippen LogP contribution in [0.15, 0.2) is 53.4 Å². The molecule has 0 radical (unpaired) electrons. The van der Waals surface area contributed by atoms with E-state index in [1.54, 1.807) is 0 Å². The molecule has 2 N–H and O–H groups in total. The maximum Gasteiger partial charge on any atom is 0.0422 e. The summed E-state index contributed by atoms with van der Waals surface area (Å²) in [5.41, 5.74) is 10.8. The zero-order valence-corrected chi connectivity index (χ0v) is 13.8. The zero-order chi connectivity index (χ0) is 15.0. The minimum absolute atomic E-state index is 0.0939. The summed E-state index contributed by atoms with van der Waals surface area (Å²) < 4.78 is 0. The summed E-state index contributed by atoms with van der Waals surface area (Å²) in [4.78, 5) is 1.39. The Bertz CT molecular complexity index is 600. The molecule has 0 saturated carbocycles. The molecule has 1 nitrogen and oxygen atoms in total. The average Bonchev–Trinajstić information content (AvgIpc) is 2.89. The lowest BCUT2D eigenvalue weighted by atomic mass is 9.86. The first-order valence-electron chi connectivity index (χ1n) is 7.56. The van der Waals surface area contributed by atoms with E-state index in [1.807, 2.05) is 11.8 Å². The third kappa shape index (κ3) is 3.02. The second-order valence-electron chi connectivity index (χ2n) is 6.87. The van der Waals surface area contributed by atoms with Crippen molar-refractivity contribution in [2.75, 3.05) is 0 Å². The summed E-state index contributed by atoms with van der Waals surface area (Å²) in [6, 6.07) is 17.6. The lowest BCUT2D eigenvalue weighted by Crippen LogP contribution is -2.23. The van der Waals surface area contributed by atoms with Crippen LogP contribution in [0.25, 0.3) is 0 Å². The van der Waals surface area contributed by atoms with E-state index in [4.69, 9.17) is 5.73 Å². The highest BCUT2D eigenvalue weighted by molar-refractivity contribution is 8.00. The molecule has 2 atom stereocenters. The van der Waals surface area contributed by atoms with Crippen molar-refractivity contribution in [3.8, 4) is 0 Å². The summed E-state index contributed by atoms with van der Waals surface area (Å²) in [6.07, 6.45) is 1.07. The van der Waals surface area contributed by atoms with Crippen molar-refractivity contribution in [2.45, 2.75) is 48.8 Å². The van der Waals surface area contributed by atoms with E-state index in [1.165, 1.54) is 21.6 Å². The van der Waals surface area contributed by atoms with E-state index in [0.29, 0.717) is 5.25 Å². The van der Waals surface area contributed by atoms with Crippen LogP contribution in [0.5, 0.6) is 0 Å². The van der Waals surface area contributed by atoms with Gasteiger partial charge in [-0.3, -0.25) is 0 Å². The Morgan fingerprint density at radius 1 is 1.05 bits per heavy atom. The highest BCUT2D eigenvalue weighted by Crippen LogP contribution is 2.41. The summed E-state index contributed by atoms with van der Waals surface area (Å²) in [5.74, 6) is 0. The van der Waals surface area contributed by atoms with Crippen molar-refractivity contribution in [1.82, 2.24) is 0 Å². The molecule has 2 aromatic rings. The molecule has 1 aliphatic heterocycles. The van der Waals surface area contributed by atoms with Crippen molar-refractivity contribution in [3.63, 3.8) is 0 Å². The van der Waals surface area contributed by atoms with Crippen molar-refractivity contribution >= 4 is 11.8 Å². The number of nitrogens with two attached hydrogens (primary N) is 1. The Kier molecular flexibility index (Phi) is 3.85. The first-order chi connectivity index (χ1) is 9.95. The van der Waals surface area contributed by atoms with Gasteiger partial charge in [-0.2, -0.15) is 0 Å². The predicted molar refractivity (Wildman–Crippen MR) is 91.9 cm³/mol. The third-order valence-electron chi connectivity index (χ3n) is 4.23. The number of thioether (sulfide) groups is 1. The maximum absolute atomic E-state index is 6.52. The number of hydrogen-bond acceptors (Lipinski definition) is 2. The second-order valence-corrected chi connectivity index (χ2v) is 8.15. The number of hydrogen-bond donors (Lipinski definition) is 1. The highest BCUT2D eigenvalue weighted by Gasteiger charge is 2.28. The first kappa shape index (κ1) is 14.7. The maximum atomic E-state index is 6.52. The monoisotopic (exact) mass is 297 g/mol. The van der Waals surface area contributed by atoms with Crippen molar-refractivity contribution < 1.29 is 0 Å². The fourth-order valence-electron chi connectivity index (χ4n) is 2.83. The normalized spacial score (nSPS) is 19.3. The van der Waals surface area contributed by atoms with Gasteiger partial charge in [0.15, 0.2) is 0 Å². The fourth-order valence-corrected chi connectivity index (χ4v) is 4.18. The summed E-state index contributed by atoms with van der Waals surface area (Å²) in [5, 5.41) is 0.447. The van der Waals surface area contributed by atoms with Crippen LogP contribution in [0, 0.1) is 0 Å². The van der Waals surface area contributed by atoms with E-state index in [0.717, 1.165) is 6.42 Å². The molecule has 0 fully saturated rings. The lowest BCUT2D eigenvalue weighted by molar-refractivity contribution is 0.589. The molecule has 2 aromatic carbocycles. The summed E-state index contributed by atoms with van der Waals surface area (Å²) in [7, 11) is 0. The van der Waals surface area contributed by atoms with Gasteiger partial charge in [0, 0.05) is 16.2 Å². The molecule has 0 aromatic heterocycles. The van der Waals surface area contributed by atoms with Gasteiger partial charge < -0.3 is 5.73 Å². The molecule has 110 valence electrons. The van der Waals surface area contributed by atoms with Crippen LogP contribution in [0.1, 0.15) is 43.5 Å². The van der Waals surface area contributed by atoms with Crippen LogP contribution in [-0.2, 0) is 11.8 Å². The van der Waals surface area contributed by atoms with Crippen LogP contribution in [0.2, 0.25) is 0 Å². The van der Waals surface area contributed by atoms with Crippen LogP contribution < -0.4 is 5.73 Å². The van der Waals surface area contributed by atoms with Crippen molar-refractivity contribution in [1.29, 1.82) is 0 Å². The smallest absolute Gasteiger partial charge is 0.0422 e. The molecular formula is C19H23NS. The van der Waals surface area contributed by atoms with Crippen LogP contribution in [0.4, 0.5) is 0 Å². The zero-order valence-electron chi connectivity index (χ0n) is 13.0. The largest absolute Gasteiger partial charge is 0.323 e. The van der Waals surface area contributed by atoms with E-state index >= 15 is 0 Å². The molecule has 21 heavy (non-hydrogen) atoms. The van der Waals surface area contributed by atoms with Gasteiger partial charge in [-0.25, -0.2) is 0 Å². The van der Waals surface area contributed by atoms with E-state index in [9.17, 15) is 0 Å². The first-order valence-corrected chi connectivity index (χ1v) is 8.44. The molecule has 0 aliphatic carbocycles. The second kappa shape index (κ2) is 5.51. The molecule has 0 saturated heterocycles. The summed E-state index contributed by atoms with van der Waals surface area (Å²) in [6.45, 7) is 6.72. The molecule has 3 rings (SSSR count). The Morgan fingerprint density at radius 3 is 2.33 bits per heavy atom. The van der Waals surface area contributed by atoms with E-state index < -0.39 is 0 Å². The Balaban J connectivity index is 1.76. The fraction of sp³-hybridized carbons (Fsp3) is 0.368. The minimum Gasteiger partial charge on any atom is -0.323 e. The van der Waals surface area contributed by atoms with Crippen molar-refractivity contribution in [3.05, 3.63) is 65.2 Å². The lowest BCUT2D eigenvalue weighted by Gasteiger charge is -2.22. The molecule has 0 spiro atoms. The minimum atomic E-state index is 0.0939. The van der Waals surface area contributed by atoms with Gasteiger partial charge in [0.2, 0.25) is 0 Å². The third-order valence-corrected chi connectivity index (χ3v) is 5.65. The van der Waals surface area contributed by atoms with Gasteiger partial charge in [-0.05, 0) is 34.6 Å². The summed E-state index contributed by atoms with van der Waals surface area (Å²) >= 11 is 1.92. The van der Waals surface area contributed by atoms with Gasteiger partial charge in [-0.15, -0.1) is 11.8 Å². The molecule has 1 aliphatic rings. The molecule has 1 heterocycles. The molecular weight excluding hydrogens is 274 g/mol. The standard InChI is InChI=1S/C19H23NS/c1-19(2,3)15-10-8-13(9-11-15)18(20)17-12-14-6-4-5-7-16(14)21-17/h4-11,17-18H,12,20H2,1-3H3. The van der Waals surface area contributed by atoms with E-state index in [-0.39, 0.29) is 11.5 Å². The molecule has 2 heteroatoms. The number of fused-ring (bicyclic) bond motifs is 1. The molecule has 0 bridgehead atoms. The average molecular weight is 297 g/mol. The molecule has 0 amide bonds. The Morgan fingerprint density at radius 2 is 1.71 bits per heavy atom.